The van der Waals surface area contributed by atoms with Crippen LogP contribution >= 0.6 is 0 Å². The van der Waals surface area contributed by atoms with Crippen LogP contribution in [0, 0.1) is 11.8 Å². The highest BCUT2D eigenvalue weighted by Gasteiger charge is 2.37. The first-order chi connectivity index (χ1) is 8.11. The molecule has 2 rings (SSSR count). The Hall–Kier alpha value is -1.10. The van der Waals surface area contributed by atoms with E-state index in [9.17, 15) is 9.59 Å². The fourth-order valence-corrected chi connectivity index (χ4v) is 2.66. The first-order valence-electron chi connectivity index (χ1n) is 6.16. The molecule has 1 aliphatic carbocycles. The molecule has 0 bridgehead atoms. The summed E-state index contributed by atoms with van der Waals surface area (Å²) >= 11 is 0. The Morgan fingerprint density at radius 3 is 2.47 bits per heavy atom. The third-order valence-electron chi connectivity index (χ3n) is 3.87. The van der Waals surface area contributed by atoms with Crippen molar-refractivity contribution < 1.29 is 19.4 Å². The van der Waals surface area contributed by atoms with Gasteiger partial charge in [0, 0.05) is 26.1 Å². The van der Waals surface area contributed by atoms with Gasteiger partial charge < -0.3 is 14.7 Å². The Morgan fingerprint density at radius 2 is 1.88 bits per heavy atom. The molecule has 0 aromatic rings. The Labute approximate surface area is 101 Å². The van der Waals surface area contributed by atoms with Crippen molar-refractivity contribution in [3.63, 3.8) is 0 Å². The number of ether oxygens (including phenoxy) is 1. The number of methoxy groups -OCH3 is 1. The molecule has 2 aliphatic rings. The van der Waals surface area contributed by atoms with Gasteiger partial charge in [-0.2, -0.15) is 0 Å². The summed E-state index contributed by atoms with van der Waals surface area (Å²) in [6.45, 7) is 1.31. The van der Waals surface area contributed by atoms with Crippen LogP contribution in [0.1, 0.15) is 25.7 Å². The monoisotopic (exact) mass is 241 g/mol. The maximum atomic E-state index is 12.1. The number of carbonyl (C=O) groups is 2. The number of nitrogens with zero attached hydrogens (tertiary/aromatic N) is 1. The standard InChI is InChI=1S/C12H19NO4/c1-17-10-6-13(7-10)11(14)8-3-2-4-9(5-8)12(15)16/h8-10H,2-7H2,1H3,(H,15,16). The summed E-state index contributed by atoms with van der Waals surface area (Å²) in [7, 11) is 1.65. The summed E-state index contributed by atoms with van der Waals surface area (Å²) in [4.78, 5) is 24.8. The molecule has 0 aromatic heterocycles. The largest absolute Gasteiger partial charge is 0.481 e. The van der Waals surface area contributed by atoms with Crippen LogP contribution in [0.2, 0.25) is 0 Å². The van der Waals surface area contributed by atoms with Crippen LogP contribution in [0.25, 0.3) is 0 Å². The second kappa shape index (κ2) is 5.04. The SMILES string of the molecule is COC1CN(C(=O)C2CCCC(C(=O)O)C2)C1. The van der Waals surface area contributed by atoms with Gasteiger partial charge in [0.2, 0.25) is 5.91 Å². The van der Waals surface area contributed by atoms with E-state index in [0.29, 0.717) is 25.9 Å². The maximum Gasteiger partial charge on any atom is 0.306 e. The number of aliphatic carboxylic acids is 1. The lowest BCUT2D eigenvalue weighted by molar-refractivity contribution is -0.151. The van der Waals surface area contributed by atoms with Crippen molar-refractivity contribution in [3.05, 3.63) is 0 Å². The van der Waals surface area contributed by atoms with Gasteiger partial charge in [-0.25, -0.2) is 0 Å². The maximum absolute atomic E-state index is 12.1. The molecule has 1 heterocycles. The van der Waals surface area contributed by atoms with Crippen molar-refractivity contribution in [1.29, 1.82) is 0 Å². The van der Waals surface area contributed by atoms with E-state index in [1.807, 2.05) is 0 Å². The van der Waals surface area contributed by atoms with Crippen LogP contribution in [0.4, 0.5) is 0 Å². The van der Waals surface area contributed by atoms with Crippen molar-refractivity contribution in [2.24, 2.45) is 11.8 Å². The molecule has 0 aromatic carbocycles. The van der Waals surface area contributed by atoms with E-state index in [1.54, 1.807) is 12.0 Å². The van der Waals surface area contributed by atoms with E-state index in [4.69, 9.17) is 9.84 Å². The number of amides is 1. The number of carboxylic acid groups (broad SMARTS) is 1. The quantitative estimate of drug-likeness (QED) is 0.791. The van der Waals surface area contributed by atoms with Crippen LogP contribution in [-0.4, -0.2) is 48.2 Å². The molecule has 1 saturated heterocycles. The summed E-state index contributed by atoms with van der Waals surface area (Å²) < 4.78 is 5.13. The summed E-state index contributed by atoms with van der Waals surface area (Å²) in [5, 5.41) is 8.98. The number of likely N-dealkylation sites (tertiary alicyclic amines) is 1. The van der Waals surface area contributed by atoms with Crippen LogP contribution in [-0.2, 0) is 14.3 Å². The second-order valence-corrected chi connectivity index (χ2v) is 5.00. The van der Waals surface area contributed by atoms with E-state index in [2.05, 4.69) is 0 Å². The average molecular weight is 241 g/mol. The zero-order chi connectivity index (χ0) is 12.4. The molecule has 5 nitrogen and oxygen atoms in total. The van der Waals surface area contributed by atoms with Crippen LogP contribution in [0.5, 0.6) is 0 Å². The zero-order valence-corrected chi connectivity index (χ0v) is 10.1. The molecule has 0 radical (unpaired) electrons. The molecule has 0 spiro atoms. The lowest BCUT2D eigenvalue weighted by atomic mass is 9.80. The fraction of sp³-hybridized carbons (Fsp3) is 0.833. The molecule has 96 valence electrons. The van der Waals surface area contributed by atoms with E-state index in [1.165, 1.54) is 0 Å². The molecule has 1 saturated carbocycles. The van der Waals surface area contributed by atoms with Gasteiger partial charge in [-0.15, -0.1) is 0 Å². The predicted octanol–water partition coefficient (Wildman–Crippen LogP) is 0.735. The van der Waals surface area contributed by atoms with Crippen LogP contribution in [0.15, 0.2) is 0 Å². The number of hydrogen-bond donors (Lipinski definition) is 1. The molecule has 17 heavy (non-hydrogen) atoms. The van der Waals surface area contributed by atoms with Crippen molar-refractivity contribution in [3.8, 4) is 0 Å². The Balaban J connectivity index is 1.85. The number of carboxylic acids is 1. The number of hydrogen-bond acceptors (Lipinski definition) is 3. The highest BCUT2D eigenvalue weighted by atomic mass is 16.5. The Kier molecular flexibility index (Phi) is 3.66. The van der Waals surface area contributed by atoms with E-state index in [-0.39, 0.29) is 23.8 Å². The molecule has 1 N–H and O–H groups in total. The van der Waals surface area contributed by atoms with Gasteiger partial charge in [0.05, 0.1) is 12.0 Å². The minimum atomic E-state index is -0.763. The lowest BCUT2D eigenvalue weighted by Gasteiger charge is -2.41. The molecule has 2 fully saturated rings. The number of carbonyl (C=O) groups excluding carboxylic acids is 1. The van der Waals surface area contributed by atoms with Crippen LogP contribution in [0.3, 0.4) is 0 Å². The topological polar surface area (TPSA) is 66.8 Å². The summed E-state index contributed by atoms with van der Waals surface area (Å²) in [6, 6.07) is 0. The highest BCUT2D eigenvalue weighted by molar-refractivity contribution is 5.81. The zero-order valence-electron chi connectivity index (χ0n) is 10.1. The normalized spacial score (nSPS) is 29.8. The fourth-order valence-electron chi connectivity index (χ4n) is 2.66. The van der Waals surface area contributed by atoms with Crippen molar-refractivity contribution in [2.75, 3.05) is 20.2 Å². The molecular formula is C12H19NO4. The predicted molar refractivity (Wildman–Crippen MR) is 60.5 cm³/mol. The van der Waals surface area contributed by atoms with Gasteiger partial charge in [-0.1, -0.05) is 6.42 Å². The molecule has 1 amide bonds. The minimum absolute atomic E-state index is 0.0948. The smallest absolute Gasteiger partial charge is 0.306 e. The van der Waals surface area contributed by atoms with Crippen LogP contribution < -0.4 is 0 Å². The summed E-state index contributed by atoms with van der Waals surface area (Å²) in [6.07, 6.45) is 3.05. The van der Waals surface area contributed by atoms with Gasteiger partial charge >= 0.3 is 5.97 Å². The Morgan fingerprint density at radius 1 is 1.24 bits per heavy atom. The van der Waals surface area contributed by atoms with Gasteiger partial charge in [-0.3, -0.25) is 9.59 Å². The third-order valence-corrected chi connectivity index (χ3v) is 3.87. The molecule has 2 atom stereocenters. The van der Waals surface area contributed by atoms with E-state index >= 15 is 0 Å². The summed E-state index contributed by atoms with van der Waals surface area (Å²) in [5.41, 5.74) is 0. The molecular weight excluding hydrogens is 222 g/mol. The summed E-state index contributed by atoms with van der Waals surface area (Å²) in [5.74, 6) is -1.08. The van der Waals surface area contributed by atoms with Gasteiger partial charge in [0.25, 0.3) is 0 Å². The Bertz CT molecular complexity index is 312. The van der Waals surface area contributed by atoms with Crippen molar-refractivity contribution in [1.82, 2.24) is 4.90 Å². The van der Waals surface area contributed by atoms with Crippen molar-refractivity contribution >= 4 is 11.9 Å². The van der Waals surface area contributed by atoms with Gasteiger partial charge in [0.1, 0.15) is 0 Å². The molecule has 2 unspecified atom stereocenters. The molecule has 1 aliphatic heterocycles. The number of rotatable bonds is 3. The minimum Gasteiger partial charge on any atom is -0.481 e. The highest BCUT2D eigenvalue weighted by Crippen LogP contribution is 2.31. The first-order valence-corrected chi connectivity index (χ1v) is 6.16. The average Bonchev–Trinajstić information content (AvgIpc) is 2.27. The first kappa shape index (κ1) is 12.4. The van der Waals surface area contributed by atoms with Crippen molar-refractivity contribution in [2.45, 2.75) is 31.8 Å². The van der Waals surface area contributed by atoms with E-state index < -0.39 is 5.97 Å². The lowest BCUT2D eigenvalue weighted by Crippen LogP contribution is -2.56. The second-order valence-electron chi connectivity index (χ2n) is 5.00. The van der Waals surface area contributed by atoms with Gasteiger partial charge in [0.15, 0.2) is 0 Å². The molecule has 5 heteroatoms. The third kappa shape index (κ3) is 2.60. The van der Waals surface area contributed by atoms with E-state index in [0.717, 1.165) is 12.8 Å². The van der Waals surface area contributed by atoms with Gasteiger partial charge in [-0.05, 0) is 19.3 Å².